The van der Waals surface area contributed by atoms with E-state index in [0.29, 0.717) is 35.5 Å². The third kappa shape index (κ3) is 4.65. The van der Waals surface area contributed by atoms with E-state index in [2.05, 4.69) is 10.1 Å². The van der Waals surface area contributed by atoms with E-state index < -0.39 is 29.5 Å². The zero-order valence-corrected chi connectivity index (χ0v) is 21.3. The van der Waals surface area contributed by atoms with Crippen LogP contribution in [0.3, 0.4) is 0 Å². The number of carbonyl (C=O) groups is 2. The highest BCUT2D eigenvalue weighted by Gasteiger charge is 2.35. The Kier molecular flexibility index (Phi) is 6.74. The van der Waals surface area contributed by atoms with Crippen molar-refractivity contribution in [3.05, 3.63) is 46.0 Å². The third-order valence-corrected chi connectivity index (χ3v) is 5.97. The van der Waals surface area contributed by atoms with Gasteiger partial charge in [0.05, 0.1) is 24.5 Å². The highest BCUT2D eigenvalue weighted by Crippen LogP contribution is 2.41. The number of halogens is 1. The molecule has 0 spiro atoms. The second-order valence-corrected chi connectivity index (χ2v) is 9.72. The molecule has 1 aromatic carbocycles. The summed E-state index contributed by atoms with van der Waals surface area (Å²) in [6.45, 7) is 11.2. The van der Waals surface area contributed by atoms with Gasteiger partial charge in [0.25, 0.3) is 0 Å². The van der Waals surface area contributed by atoms with Crippen molar-refractivity contribution in [1.29, 1.82) is 0 Å². The highest BCUT2D eigenvalue weighted by molar-refractivity contribution is 5.88. The van der Waals surface area contributed by atoms with E-state index in [0.717, 1.165) is 17.5 Å². The van der Waals surface area contributed by atoms with Gasteiger partial charge in [-0.3, -0.25) is 0 Å². The van der Waals surface area contributed by atoms with Gasteiger partial charge in [0.15, 0.2) is 29.0 Å². The number of rotatable bonds is 6. The van der Waals surface area contributed by atoms with Crippen molar-refractivity contribution in [2.24, 2.45) is 0 Å². The van der Waals surface area contributed by atoms with Gasteiger partial charge in [0.1, 0.15) is 0 Å². The minimum absolute atomic E-state index is 0.127. The molecule has 0 aliphatic carbocycles. The third-order valence-electron chi connectivity index (χ3n) is 5.97. The monoisotopic (exact) mass is 499 g/mol. The molecule has 2 aromatic heterocycles. The van der Waals surface area contributed by atoms with Crippen LogP contribution in [-0.4, -0.2) is 50.5 Å². The fourth-order valence-electron chi connectivity index (χ4n) is 4.51. The summed E-state index contributed by atoms with van der Waals surface area (Å²) < 4.78 is 33.8. The van der Waals surface area contributed by atoms with Gasteiger partial charge >= 0.3 is 11.9 Å². The molecule has 0 radical (unpaired) electrons. The number of carboxylic acid groups (broad SMARTS) is 1. The van der Waals surface area contributed by atoms with E-state index >= 15 is 4.39 Å². The van der Waals surface area contributed by atoms with Crippen LogP contribution in [0, 0.1) is 19.7 Å². The number of fused-ring (bicyclic) bond motifs is 2. The summed E-state index contributed by atoms with van der Waals surface area (Å²) in [5.41, 5.74) is 2.22. The average molecular weight is 500 g/mol. The number of nitrogens with zero attached hydrogens (tertiary/aromatic N) is 3. The summed E-state index contributed by atoms with van der Waals surface area (Å²) in [6, 6.07) is 2.67. The summed E-state index contributed by atoms with van der Waals surface area (Å²) >= 11 is 0. The van der Waals surface area contributed by atoms with Crippen LogP contribution in [0.2, 0.25) is 0 Å². The van der Waals surface area contributed by atoms with Gasteiger partial charge in [0, 0.05) is 28.5 Å². The second-order valence-electron chi connectivity index (χ2n) is 9.72. The van der Waals surface area contributed by atoms with Gasteiger partial charge in [-0.1, -0.05) is 0 Å². The first-order valence-corrected chi connectivity index (χ1v) is 11.9. The Morgan fingerprint density at radius 2 is 2.00 bits per heavy atom. The van der Waals surface area contributed by atoms with Gasteiger partial charge in [-0.05, 0) is 66.0 Å². The standard InChI is InChI=1S/C26H30FN3O6/c1-7-34-25(33)23(36-26(4,5)6)20-14(3)28-19-12-18(24(31)32)29-30(19)21(20)16-11-17(27)22-15(13(16)2)9-8-10-35-22/h11-12,23H,7-10H2,1-6H3,(H,31,32)/t23-/m0/s1. The van der Waals surface area contributed by atoms with E-state index in [1.165, 1.54) is 16.6 Å². The molecule has 36 heavy (non-hydrogen) atoms. The molecule has 10 heteroatoms. The van der Waals surface area contributed by atoms with Gasteiger partial charge < -0.3 is 19.3 Å². The van der Waals surface area contributed by atoms with E-state index in [4.69, 9.17) is 14.2 Å². The molecule has 3 aromatic rings. The molecule has 0 amide bonds. The largest absolute Gasteiger partial charge is 0.490 e. The lowest BCUT2D eigenvalue weighted by Gasteiger charge is -2.29. The van der Waals surface area contributed by atoms with Crippen LogP contribution >= 0.6 is 0 Å². The number of aromatic nitrogens is 3. The molecule has 3 heterocycles. The number of esters is 1. The number of ether oxygens (including phenoxy) is 3. The molecule has 0 fully saturated rings. The molecule has 0 bridgehead atoms. The van der Waals surface area contributed by atoms with Gasteiger partial charge in [-0.25, -0.2) is 23.5 Å². The summed E-state index contributed by atoms with van der Waals surface area (Å²) in [5.74, 6) is -2.21. The van der Waals surface area contributed by atoms with Crippen molar-refractivity contribution in [1.82, 2.24) is 14.6 Å². The highest BCUT2D eigenvalue weighted by atomic mass is 19.1. The molecule has 9 nitrogen and oxygen atoms in total. The molecule has 0 saturated carbocycles. The minimum Gasteiger partial charge on any atom is -0.490 e. The molecule has 1 aliphatic rings. The van der Waals surface area contributed by atoms with Gasteiger partial charge in [-0.2, -0.15) is 5.10 Å². The van der Waals surface area contributed by atoms with Gasteiger partial charge in [0.2, 0.25) is 0 Å². The summed E-state index contributed by atoms with van der Waals surface area (Å²) in [4.78, 5) is 29.5. The lowest BCUT2D eigenvalue weighted by Crippen LogP contribution is -2.30. The minimum atomic E-state index is -1.24. The van der Waals surface area contributed by atoms with Gasteiger partial charge in [-0.15, -0.1) is 0 Å². The van der Waals surface area contributed by atoms with Crippen LogP contribution in [-0.2, 0) is 20.7 Å². The van der Waals surface area contributed by atoms with Crippen LogP contribution < -0.4 is 4.74 Å². The van der Waals surface area contributed by atoms with E-state index in [1.807, 2.05) is 6.92 Å². The first kappa shape index (κ1) is 25.6. The number of hydrogen-bond acceptors (Lipinski definition) is 7. The zero-order valence-electron chi connectivity index (χ0n) is 21.3. The second kappa shape index (κ2) is 9.50. The van der Waals surface area contributed by atoms with E-state index in [1.54, 1.807) is 34.6 Å². The van der Waals surface area contributed by atoms with Crippen LogP contribution in [0.15, 0.2) is 12.1 Å². The van der Waals surface area contributed by atoms with Crippen molar-refractivity contribution >= 4 is 17.6 Å². The predicted molar refractivity (Wildman–Crippen MR) is 129 cm³/mol. The van der Waals surface area contributed by atoms with Crippen LogP contribution in [0.4, 0.5) is 4.39 Å². The number of carboxylic acids is 1. The maximum absolute atomic E-state index is 15.3. The average Bonchev–Trinajstić information content (AvgIpc) is 3.23. The predicted octanol–water partition coefficient (Wildman–Crippen LogP) is 4.59. The zero-order chi connectivity index (χ0) is 26.4. The normalized spacial score (nSPS) is 14.3. The molecule has 192 valence electrons. The fraction of sp³-hybridized carbons (Fsp3) is 0.462. The maximum atomic E-state index is 15.3. The lowest BCUT2D eigenvalue weighted by molar-refractivity contribution is -0.166. The van der Waals surface area contributed by atoms with E-state index in [-0.39, 0.29) is 23.7 Å². The molecule has 1 aliphatic heterocycles. The van der Waals surface area contributed by atoms with Crippen molar-refractivity contribution in [3.63, 3.8) is 0 Å². The molecule has 1 N–H and O–H groups in total. The molecule has 0 unspecified atom stereocenters. The Bertz CT molecular complexity index is 1360. The number of benzene rings is 1. The van der Waals surface area contributed by atoms with Crippen molar-refractivity contribution < 1.29 is 33.3 Å². The first-order chi connectivity index (χ1) is 16.9. The fourth-order valence-corrected chi connectivity index (χ4v) is 4.51. The molecule has 1 atom stereocenters. The smallest absolute Gasteiger partial charge is 0.356 e. The van der Waals surface area contributed by atoms with Crippen molar-refractivity contribution in [2.45, 2.75) is 66.1 Å². The number of hydrogen-bond donors (Lipinski definition) is 1. The quantitative estimate of drug-likeness (QED) is 0.490. The number of aryl methyl sites for hydroxylation is 1. The van der Waals surface area contributed by atoms with Crippen molar-refractivity contribution in [3.8, 4) is 17.0 Å². The molecule has 4 rings (SSSR count). The summed E-state index contributed by atoms with van der Waals surface area (Å²) in [5, 5.41) is 13.8. The molecule has 0 saturated heterocycles. The van der Waals surface area contributed by atoms with Crippen LogP contribution in [0.1, 0.15) is 73.1 Å². The molecular weight excluding hydrogens is 469 g/mol. The van der Waals surface area contributed by atoms with Crippen molar-refractivity contribution in [2.75, 3.05) is 13.2 Å². The van der Waals surface area contributed by atoms with Crippen LogP contribution in [0.25, 0.3) is 16.9 Å². The topological polar surface area (TPSA) is 112 Å². The number of carbonyl (C=O) groups excluding carboxylic acids is 1. The lowest BCUT2D eigenvalue weighted by atomic mass is 9.91. The number of aromatic carboxylic acids is 1. The van der Waals surface area contributed by atoms with E-state index in [9.17, 15) is 14.7 Å². The maximum Gasteiger partial charge on any atom is 0.356 e. The summed E-state index contributed by atoms with van der Waals surface area (Å²) in [7, 11) is 0. The Morgan fingerprint density at radius 1 is 1.28 bits per heavy atom. The Balaban J connectivity index is 2.11. The first-order valence-electron chi connectivity index (χ1n) is 11.9. The molecular formula is C26H30FN3O6. The van der Waals surface area contributed by atoms with Crippen LogP contribution in [0.5, 0.6) is 5.75 Å². The Labute approximate surface area is 208 Å². The Hall–Kier alpha value is -3.53. The summed E-state index contributed by atoms with van der Waals surface area (Å²) in [6.07, 6.45) is 0.134. The Morgan fingerprint density at radius 3 is 2.64 bits per heavy atom. The SMILES string of the molecule is CCOC(=O)[C@@H](OC(C)(C)C)c1c(C)nc2cc(C(=O)O)nn2c1-c1cc(F)c2c(c1C)CCCO2.